The van der Waals surface area contributed by atoms with E-state index in [-0.39, 0.29) is 11.2 Å². The molecule has 0 saturated heterocycles. The van der Waals surface area contributed by atoms with Crippen LogP contribution in [0, 0.1) is 0 Å². The van der Waals surface area contributed by atoms with Gasteiger partial charge in [0.05, 0.1) is 5.25 Å². The maximum absolute atomic E-state index is 13.1. The normalized spacial score (nSPS) is 11.9. The Kier molecular flexibility index (Phi) is 7.96. The Morgan fingerprint density at radius 1 is 1.00 bits per heavy atom. The summed E-state index contributed by atoms with van der Waals surface area (Å²) < 4.78 is 2.18. The zero-order valence-electron chi connectivity index (χ0n) is 18.9. The van der Waals surface area contributed by atoms with Gasteiger partial charge in [-0.05, 0) is 35.9 Å². The van der Waals surface area contributed by atoms with Crippen LogP contribution in [0.5, 0.6) is 0 Å². The molecule has 0 spiro atoms. The lowest BCUT2D eigenvalue weighted by Gasteiger charge is -2.21. The van der Waals surface area contributed by atoms with Crippen molar-refractivity contribution >= 4 is 29.0 Å². The van der Waals surface area contributed by atoms with Crippen molar-refractivity contribution in [1.82, 2.24) is 19.7 Å². The van der Waals surface area contributed by atoms with Gasteiger partial charge >= 0.3 is 0 Å². The predicted octanol–water partition coefficient (Wildman–Crippen LogP) is 5.31. The van der Waals surface area contributed by atoms with E-state index in [0.717, 1.165) is 35.9 Å². The van der Waals surface area contributed by atoms with Crippen LogP contribution in [-0.4, -0.2) is 37.9 Å². The van der Waals surface area contributed by atoms with Crippen LogP contribution in [0.1, 0.15) is 28.8 Å². The van der Waals surface area contributed by atoms with E-state index in [2.05, 4.69) is 56.5 Å². The summed E-state index contributed by atoms with van der Waals surface area (Å²) in [6.45, 7) is 3.32. The summed E-state index contributed by atoms with van der Waals surface area (Å²) in [5, 5.41) is 11.6. The number of rotatable bonds is 10. The third-order valence-corrected chi connectivity index (χ3v) is 7.39. The summed E-state index contributed by atoms with van der Waals surface area (Å²) in [6, 6.07) is 24.7. The van der Waals surface area contributed by atoms with Gasteiger partial charge in [-0.25, -0.2) is 0 Å². The molecule has 5 nitrogen and oxygen atoms in total. The highest BCUT2D eigenvalue weighted by molar-refractivity contribution is 8.00. The first-order valence-electron chi connectivity index (χ1n) is 11.0. The van der Waals surface area contributed by atoms with Crippen LogP contribution in [0.3, 0.4) is 0 Å². The number of hydrogen-bond donors (Lipinski definition) is 0. The predicted molar refractivity (Wildman–Crippen MR) is 136 cm³/mol. The Hall–Kier alpha value is -2.90. The molecular weight excluding hydrogens is 448 g/mol. The van der Waals surface area contributed by atoms with E-state index in [1.54, 1.807) is 16.2 Å². The molecule has 1 atom stereocenters. The van der Waals surface area contributed by atoms with Gasteiger partial charge in [0.25, 0.3) is 0 Å². The monoisotopic (exact) mass is 476 g/mol. The molecule has 7 heteroatoms. The van der Waals surface area contributed by atoms with Crippen molar-refractivity contribution in [3.63, 3.8) is 0 Å². The van der Waals surface area contributed by atoms with Gasteiger partial charge in [-0.1, -0.05) is 78.5 Å². The summed E-state index contributed by atoms with van der Waals surface area (Å²) >= 11 is 3.21. The second-order valence-electron chi connectivity index (χ2n) is 7.98. The minimum atomic E-state index is -0.257. The molecule has 170 valence electrons. The van der Waals surface area contributed by atoms with E-state index in [0.29, 0.717) is 6.54 Å². The van der Waals surface area contributed by atoms with E-state index in [1.807, 2.05) is 50.4 Å². The molecule has 1 amide bonds. The maximum atomic E-state index is 13.1. The summed E-state index contributed by atoms with van der Waals surface area (Å²) in [5.41, 5.74) is 2.39. The number of aryl methyl sites for hydroxylation is 1. The molecule has 0 radical (unpaired) electrons. The van der Waals surface area contributed by atoms with Crippen LogP contribution in [0.25, 0.3) is 0 Å². The lowest BCUT2D eigenvalue weighted by atomic mass is 10.1. The fraction of sp³-hybridized carbons (Fsp3) is 0.269. The first-order chi connectivity index (χ1) is 16.1. The van der Waals surface area contributed by atoms with Crippen LogP contribution in [0.2, 0.25) is 0 Å². The van der Waals surface area contributed by atoms with Gasteiger partial charge in [-0.3, -0.25) is 4.79 Å². The van der Waals surface area contributed by atoms with Crippen molar-refractivity contribution in [3.8, 4) is 0 Å². The van der Waals surface area contributed by atoms with Crippen LogP contribution in [0.4, 0.5) is 0 Å². The molecule has 2 aromatic carbocycles. The summed E-state index contributed by atoms with van der Waals surface area (Å²) in [4.78, 5) is 16.1. The molecule has 0 bridgehead atoms. The van der Waals surface area contributed by atoms with Gasteiger partial charge in [-0.15, -0.1) is 21.5 Å². The molecule has 0 aliphatic carbocycles. The molecule has 1 unspecified atom stereocenters. The molecule has 2 heterocycles. The molecule has 0 fully saturated rings. The molecule has 4 rings (SSSR count). The van der Waals surface area contributed by atoms with Gasteiger partial charge in [0.1, 0.15) is 5.82 Å². The third kappa shape index (κ3) is 6.33. The first kappa shape index (κ1) is 23.3. The first-order valence-corrected chi connectivity index (χ1v) is 12.8. The highest BCUT2D eigenvalue weighted by Gasteiger charge is 2.23. The minimum absolute atomic E-state index is 0.0845. The Balaban J connectivity index is 1.48. The van der Waals surface area contributed by atoms with Crippen LogP contribution < -0.4 is 0 Å². The molecule has 4 aromatic rings. The number of hydrogen-bond acceptors (Lipinski definition) is 5. The number of benzene rings is 2. The SMILES string of the molecule is CC(Sc1nnc(Cc2cccs2)n1CCc1ccccc1)C(=O)N(C)Cc1ccccc1. The molecule has 0 N–H and O–H groups in total. The molecular formula is C26H28N4OS2. The van der Waals surface area contributed by atoms with E-state index in [1.165, 1.54) is 22.2 Å². The molecule has 33 heavy (non-hydrogen) atoms. The van der Waals surface area contributed by atoms with Crippen molar-refractivity contribution in [3.05, 3.63) is 100 Å². The quantitative estimate of drug-likeness (QED) is 0.291. The summed E-state index contributed by atoms with van der Waals surface area (Å²) in [5.74, 6) is 1.02. The van der Waals surface area contributed by atoms with Crippen molar-refractivity contribution in [2.45, 2.75) is 43.3 Å². The highest BCUT2D eigenvalue weighted by atomic mass is 32.2. The van der Waals surface area contributed by atoms with E-state index in [9.17, 15) is 4.79 Å². The van der Waals surface area contributed by atoms with Gasteiger partial charge in [0.15, 0.2) is 5.16 Å². The van der Waals surface area contributed by atoms with Gasteiger partial charge in [-0.2, -0.15) is 0 Å². The summed E-state index contributed by atoms with van der Waals surface area (Å²) in [7, 11) is 1.86. The Morgan fingerprint density at radius 2 is 1.70 bits per heavy atom. The van der Waals surface area contributed by atoms with E-state index >= 15 is 0 Å². The maximum Gasteiger partial charge on any atom is 0.235 e. The molecule has 0 aliphatic heterocycles. The number of carbonyl (C=O) groups is 1. The van der Waals surface area contributed by atoms with Crippen LogP contribution in [-0.2, 0) is 30.7 Å². The fourth-order valence-electron chi connectivity index (χ4n) is 3.67. The van der Waals surface area contributed by atoms with Crippen molar-refractivity contribution < 1.29 is 4.79 Å². The van der Waals surface area contributed by atoms with Crippen LogP contribution in [0.15, 0.2) is 83.3 Å². The number of nitrogens with zero attached hydrogens (tertiary/aromatic N) is 4. The third-order valence-electron chi connectivity index (χ3n) is 5.44. The van der Waals surface area contributed by atoms with Crippen LogP contribution >= 0.6 is 23.1 Å². The standard InChI is InChI=1S/C26H28N4OS2/c1-20(25(31)29(2)19-22-12-7-4-8-13-22)33-26-28-27-24(18-23-14-9-17-32-23)30(26)16-15-21-10-5-3-6-11-21/h3-14,17,20H,15-16,18-19H2,1-2H3. The van der Waals surface area contributed by atoms with Gasteiger partial charge in [0, 0.05) is 31.4 Å². The summed E-state index contributed by atoms with van der Waals surface area (Å²) in [6.07, 6.45) is 1.64. The molecule has 0 aliphatic rings. The Morgan fingerprint density at radius 3 is 2.36 bits per heavy atom. The highest BCUT2D eigenvalue weighted by Crippen LogP contribution is 2.26. The molecule has 0 saturated carbocycles. The Labute approximate surface area is 203 Å². The van der Waals surface area contributed by atoms with Crippen molar-refractivity contribution in [1.29, 1.82) is 0 Å². The lowest BCUT2D eigenvalue weighted by Crippen LogP contribution is -2.33. The topological polar surface area (TPSA) is 51.0 Å². The number of thiophene rings is 1. The fourth-order valence-corrected chi connectivity index (χ4v) is 5.38. The van der Waals surface area contributed by atoms with E-state index in [4.69, 9.17) is 0 Å². The zero-order chi connectivity index (χ0) is 23.0. The number of thioether (sulfide) groups is 1. The number of amides is 1. The average Bonchev–Trinajstić information content (AvgIpc) is 3.49. The largest absolute Gasteiger partial charge is 0.340 e. The smallest absolute Gasteiger partial charge is 0.235 e. The second kappa shape index (κ2) is 11.3. The molecule has 2 aromatic heterocycles. The zero-order valence-corrected chi connectivity index (χ0v) is 20.6. The Bertz CT molecular complexity index is 1140. The van der Waals surface area contributed by atoms with Crippen molar-refractivity contribution in [2.75, 3.05) is 7.05 Å². The lowest BCUT2D eigenvalue weighted by molar-refractivity contribution is -0.129. The van der Waals surface area contributed by atoms with Gasteiger partial charge in [0.2, 0.25) is 5.91 Å². The number of aromatic nitrogens is 3. The second-order valence-corrected chi connectivity index (χ2v) is 10.3. The van der Waals surface area contributed by atoms with Gasteiger partial charge < -0.3 is 9.47 Å². The van der Waals surface area contributed by atoms with Crippen molar-refractivity contribution in [2.24, 2.45) is 0 Å². The average molecular weight is 477 g/mol. The van der Waals surface area contributed by atoms with E-state index < -0.39 is 0 Å². The minimum Gasteiger partial charge on any atom is -0.340 e. The number of carbonyl (C=O) groups excluding carboxylic acids is 1.